The minimum absolute atomic E-state index is 0.123. The molecule has 3 heterocycles. The number of oxazole rings is 1. The van der Waals surface area contributed by atoms with Gasteiger partial charge in [-0.05, 0) is 31.5 Å². The lowest BCUT2D eigenvalue weighted by molar-refractivity contribution is -0.140. The fraction of sp³-hybridized carbons (Fsp3) is 0.231. The van der Waals surface area contributed by atoms with E-state index in [2.05, 4.69) is 20.4 Å². The molecule has 3 aromatic heterocycles. The number of nitrogens with zero attached hydrogens (tertiary/aromatic N) is 3. The van der Waals surface area contributed by atoms with Crippen molar-refractivity contribution in [2.45, 2.75) is 25.6 Å². The third kappa shape index (κ3) is 4.72. The van der Waals surface area contributed by atoms with Gasteiger partial charge in [0, 0.05) is 6.54 Å². The van der Waals surface area contributed by atoms with Gasteiger partial charge in [0.15, 0.2) is 16.8 Å². The van der Waals surface area contributed by atoms with Crippen molar-refractivity contribution < 1.29 is 32.2 Å². The highest BCUT2D eigenvalue weighted by Crippen LogP contribution is 2.39. The number of para-hydroxylation sites is 1. The molecule has 0 aliphatic rings. The van der Waals surface area contributed by atoms with Crippen LogP contribution >= 0.6 is 0 Å². The zero-order chi connectivity index (χ0) is 28.1. The number of H-pyrrole nitrogens is 1. The molecule has 0 aliphatic heterocycles. The number of rotatable bonds is 6. The molecule has 2 aromatic carbocycles. The quantitative estimate of drug-likeness (QED) is 0.296. The number of aromatic nitrogens is 4. The number of fused-ring (bicyclic) bond motifs is 2. The van der Waals surface area contributed by atoms with Gasteiger partial charge in [0.2, 0.25) is 5.89 Å². The van der Waals surface area contributed by atoms with E-state index in [1.54, 1.807) is 24.3 Å². The molecule has 0 unspecified atom stereocenters. The summed E-state index contributed by atoms with van der Waals surface area (Å²) in [5.74, 6) is -0.899. The van der Waals surface area contributed by atoms with Crippen molar-refractivity contribution >= 4 is 22.7 Å². The summed E-state index contributed by atoms with van der Waals surface area (Å²) < 4.78 is 53.9. The lowest BCUT2D eigenvalue weighted by atomic mass is 10.1. The van der Waals surface area contributed by atoms with Crippen molar-refractivity contribution in [3.8, 4) is 28.3 Å². The summed E-state index contributed by atoms with van der Waals surface area (Å²) in [5.41, 5.74) is -4.79. The Morgan fingerprint density at radius 1 is 1.13 bits per heavy atom. The fourth-order valence-corrected chi connectivity index (χ4v) is 4.10. The van der Waals surface area contributed by atoms with Crippen LogP contribution in [0.5, 0.6) is 5.75 Å². The first-order valence-corrected chi connectivity index (χ1v) is 11.6. The summed E-state index contributed by atoms with van der Waals surface area (Å²) in [6.45, 7) is 2.68. The number of benzene rings is 2. The Morgan fingerprint density at radius 2 is 1.85 bits per heavy atom. The first-order chi connectivity index (χ1) is 18.4. The summed E-state index contributed by atoms with van der Waals surface area (Å²) in [6.07, 6.45) is -4.92. The number of aliphatic hydroxyl groups is 1. The van der Waals surface area contributed by atoms with E-state index < -0.39 is 45.8 Å². The molecule has 5 aromatic rings. The maximum absolute atomic E-state index is 14.1. The smallest absolute Gasteiger partial charge is 0.435 e. The van der Waals surface area contributed by atoms with Gasteiger partial charge in [-0.2, -0.15) is 22.8 Å². The minimum atomic E-state index is -4.92. The van der Waals surface area contributed by atoms with E-state index in [4.69, 9.17) is 9.15 Å². The van der Waals surface area contributed by atoms with Gasteiger partial charge in [-0.15, -0.1) is 0 Å². The third-order valence-corrected chi connectivity index (χ3v) is 5.84. The second-order valence-electron chi connectivity index (χ2n) is 9.35. The van der Waals surface area contributed by atoms with Crippen LogP contribution in [0.15, 0.2) is 57.7 Å². The first-order valence-electron chi connectivity index (χ1n) is 11.6. The highest BCUT2D eigenvalue weighted by atomic mass is 19.4. The SMILES string of the molecule is COc1cccc2oc(-c3c(C(=O)NCC(C)(C)O)[nH]c4c(-c5ccccc5)c(C(F)(F)F)nn4c3=O)nc12. The monoisotopic (exact) mass is 541 g/mol. The average molecular weight is 541 g/mol. The van der Waals surface area contributed by atoms with Crippen LogP contribution in [0, 0.1) is 0 Å². The maximum Gasteiger partial charge on any atom is 0.435 e. The molecule has 0 aliphatic carbocycles. The van der Waals surface area contributed by atoms with E-state index in [9.17, 15) is 27.9 Å². The highest BCUT2D eigenvalue weighted by Gasteiger charge is 2.40. The van der Waals surface area contributed by atoms with E-state index in [1.807, 2.05) is 0 Å². The van der Waals surface area contributed by atoms with Gasteiger partial charge in [-0.3, -0.25) is 9.59 Å². The number of halogens is 3. The van der Waals surface area contributed by atoms with E-state index in [1.165, 1.54) is 45.2 Å². The Hall–Kier alpha value is -4.65. The van der Waals surface area contributed by atoms with Gasteiger partial charge in [-0.25, -0.2) is 4.98 Å². The molecular formula is C26H22F3N5O5. The zero-order valence-electron chi connectivity index (χ0n) is 20.9. The van der Waals surface area contributed by atoms with Crippen molar-refractivity contribution in [2.75, 3.05) is 13.7 Å². The molecule has 0 atom stereocenters. The molecule has 0 spiro atoms. The molecule has 0 saturated heterocycles. The van der Waals surface area contributed by atoms with E-state index in [0.717, 1.165) is 0 Å². The molecule has 202 valence electrons. The van der Waals surface area contributed by atoms with Gasteiger partial charge in [0.1, 0.15) is 22.7 Å². The summed E-state index contributed by atoms with van der Waals surface area (Å²) in [5, 5.41) is 16.2. The van der Waals surface area contributed by atoms with Gasteiger partial charge in [0.25, 0.3) is 11.5 Å². The first kappa shape index (κ1) is 26.0. The molecule has 13 heteroatoms. The largest absolute Gasteiger partial charge is 0.494 e. The van der Waals surface area contributed by atoms with Crippen molar-refractivity contribution in [3.05, 3.63) is 70.3 Å². The van der Waals surface area contributed by atoms with Crippen molar-refractivity contribution in [2.24, 2.45) is 0 Å². The summed E-state index contributed by atoms with van der Waals surface area (Å²) in [6, 6.07) is 12.3. The number of hydrogen-bond acceptors (Lipinski definition) is 7. The molecular weight excluding hydrogens is 519 g/mol. The van der Waals surface area contributed by atoms with Gasteiger partial charge in [0.05, 0.1) is 18.3 Å². The number of methoxy groups -OCH3 is 1. The molecule has 1 amide bonds. The second-order valence-corrected chi connectivity index (χ2v) is 9.35. The summed E-state index contributed by atoms with van der Waals surface area (Å²) in [7, 11) is 1.41. The molecule has 3 N–H and O–H groups in total. The number of carbonyl (C=O) groups is 1. The van der Waals surface area contributed by atoms with Crippen LogP contribution < -0.4 is 15.6 Å². The number of carbonyl (C=O) groups excluding carboxylic acids is 1. The lowest BCUT2D eigenvalue weighted by Crippen LogP contribution is -2.39. The average Bonchev–Trinajstić information content (AvgIpc) is 3.49. The maximum atomic E-state index is 14.1. The van der Waals surface area contributed by atoms with Gasteiger partial charge in [-0.1, -0.05) is 36.4 Å². The standard InChI is InChI=1S/C26H22F3N5O5/c1-25(2,37)12-30-22(35)19-17(23-32-18-14(38-3)10-7-11-15(18)39-23)24(36)34-21(31-19)16(13-8-5-4-6-9-13)20(33-34)26(27,28)29/h4-11,31,37H,12H2,1-3H3,(H,30,35). The van der Waals surface area contributed by atoms with Gasteiger partial charge >= 0.3 is 6.18 Å². The molecule has 0 radical (unpaired) electrons. The number of aromatic amines is 1. The van der Waals surface area contributed by atoms with Crippen LogP contribution in [0.1, 0.15) is 30.0 Å². The zero-order valence-corrected chi connectivity index (χ0v) is 20.9. The number of hydrogen-bond donors (Lipinski definition) is 3. The Balaban J connectivity index is 1.85. The normalized spacial score (nSPS) is 12.3. The molecule has 0 saturated carbocycles. The second kappa shape index (κ2) is 9.27. The van der Waals surface area contributed by atoms with Crippen LogP contribution in [-0.2, 0) is 6.18 Å². The Bertz CT molecular complexity index is 1760. The molecule has 39 heavy (non-hydrogen) atoms. The van der Waals surface area contributed by atoms with Crippen LogP contribution in [-0.4, -0.2) is 49.9 Å². The van der Waals surface area contributed by atoms with Crippen LogP contribution in [0.4, 0.5) is 13.2 Å². The topological polar surface area (TPSA) is 135 Å². The number of nitrogens with one attached hydrogen (secondary N) is 2. The number of alkyl halides is 3. The lowest BCUT2D eigenvalue weighted by Gasteiger charge is -2.18. The Kier molecular flexibility index (Phi) is 6.18. The number of ether oxygens (including phenoxy) is 1. The van der Waals surface area contributed by atoms with E-state index in [-0.39, 0.29) is 34.7 Å². The summed E-state index contributed by atoms with van der Waals surface area (Å²) >= 11 is 0. The molecule has 10 nitrogen and oxygen atoms in total. The number of amides is 1. The highest BCUT2D eigenvalue weighted by molar-refractivity contribution is 5.99. The molecule has 5 rings (SSSR count). The third-order valence-electron chi connectivity index (χ3n) is 5.84. The van der Waals surface area contributed by atoms with Crippen LogP contribution in [0.3, 0.4) is 0 Å². The Labute approximate surface area is 218 Å². The van der Waals surface area contributed by atoms with Crippen molar-refractivity contribution in [3.63, 3.8) is 0 Å². The fourth-order valence-electron chi connectivity index (χ4n) is 4.10. The molecule has 0 bridgehead atoms. The van der Waals surface area contributed by atoms with E-state index >= 15 is 0 Å². The van der Waals surface area contributed by atoms with Crippen molar-refractivity contribution in [1.82, 2.24) is 24.9 Å². The van der Waals surface area contributed by atoms with Crippen LogP contribution in [0.25, 0.3) is 39.3 Å². The Morgan fingerprint density at radius 3 is 2.49 bits per heavy atom. The summed E-state index contributed by atoms with van der Waals surface area (Å²) in [4.78, 5) is 34.1. The molecule has 0 fully saturated rings. The van der Waals surface area contributed by atoms with Crippen molar-refractivity contribution in [1.29, 1.82) is 0 Å². The minimum Gasteiger partial charge on any atom is -0.494 e. The predicted molar refractivity (Wildman–Crippen MR) is 134 cm³/mol. The van der Waals surface area contributed by atoms with Crippen LogP contribution in [0.2, 0.25) is 0 Å². The van der Waals surface area contributed by atoms with E-state index in [0.29, 0.717) is 10.3 Å². The predicted octanol–water partition coefficient (Wildman–Crippen LogP) is 4.03. The van der Waals surface area contributed by atoms with Gasteiger partial charge < -0.3 is 24.6 Å².